The summed E-state index contributed by atoms with van der Waals surface area (Å²) in [6, 6.07) is 4.04. The van der Waals surface area contributed by atoms with E-state index in [0.29, 0.717) is 6.54 Å². The van der Waals surface area contributed by atoms with E-state index < -0.39 is 0 Å². The van der Waals surface area contributed by atoms with E-state index in [9.17, 15) is 4.79 Å². The van der Waals surface area contributed by atoms with E-state index in [0.717, 1.165) is 32.7 Å². The highest BCUT2D eigenvalue weighted by molar-refractivity contribution is 5.75. The quantitative estimate of drug-likeness (QED) is 0.776. The third-order valence-corrected chi connectivity index (χ3v) is 2.97. The Morgan fingerprint density at radius 1 is 1.29 bits per heavy atom. The van der Waals surface area contributed by atoms with Crippen LogP contribution in [0.5, 0.6) is 0 Å². The molecular formula is C12H18N4O. The summed E-state index contributed by atoms with van der Waals surface area (Å²) in [5.74, 6) is -0.245. The maximum atomic E-state index is 10.8. The fourth-order valence-electron chi connectivity index (χ4n) is 2.08. The van der Waals surface area contributed by atoms with Crippen LogP contribution in [0.3, 0.4) is 0 Å². The van der Waals surface area contributed by atoms with Gasteiger partial charge in [0, 0.05) is 45.1 Å². The standard InChI is InChI=1S/C12H18N4O/c13-12(17)10-16-6-4-15(5-7-16)9-11-2-1-3-14-8-11/h1-3,8H,4-7,9-10H2,(H2,13,17). The lowest BCUT2D eigenvalue weighted by Gasteiger charge is -2.33. The molecule has 0 radical (unpaired) electrons. The minimum atomic E-state index is -0.245. The molecule has 17 heavy (non-hydrogen) atoms. The van der Waals surface area contributed by atoms with Crippen LogP contribution in [0.1, 0.15) is 5.56 Å². The molecular weight excluding hydrogens is 216 g/mol. The number of rotatable bonds is 4. The Morgan fingerprint density at radius 2 is 2.00 bits per heavy atom. The van der Waals surface area contributed by atoms with Crippen LogP contribution in [0.4, 0.5) is 0 Å². The number of amides is 1. The first-order valence-electron chi connectivity index (χ1n) is 5.86. The monoisotopic (exact) mass is 234 g/mol. The number of carbonyl (C=O) groups excluding carboxylic acids is 1. The molecule has 1 aromatic heterocycles. The van der Waals surface area contributed by atoms with E-state index in [-0.39, 0.29) is 5.91 Å². The van der Waals surface area contributed by atoms with E-state index >= 15 is 0 Å². The van der Waals surface area contributed by atoms with Crippen molar-refractivity contribution in [3.8, 4) is 0 Å². The number of primary amides is 1. The van der Waals surface area contributed by atoms with E-state index in [4.69, 9.17) is 5.73 Å². The Bertz CT molecular complexity index is 360. The first-order valence-corrected chi connectivity index (χ1v) is 5.86. The van der Waals surface area contributed by atoms with Gasteiger partial charge in [0.15, 0.2) is 0 Å². The van der Waals surface area contributed by atoms with E-state index in [2.05, 4.69) is 20.9 Å². The molecule has 0 aliphatic carbocycles. The van der Waals surface area contributed by atoms with Gasteiger partial charge in [-0.15, -0.1) is 0 Å². The van der Waals surface area contributed by atoms with Crippen LogP contribution < -0.4 is 5.73 Å². The summed E-state index contributed by atoms with van der Waals surface area (Å²) in [5, 5.41) is 0. The molecule has 2 rings (SSSR count). The van der Waals surface area contributed by atoms with Crippen LogP contribution >= 0.6 is 0 Å². The van der Waals surface area contributed by atoms with Crippen molar-refractivity contribution in [3.63, 3.8) is 0 Å². The molecule has 1 fully saturated rings. The van der Waals surface area contributed by atoms with Crippen LogP contribution in [0, 0.1) is 0 Å². The van der Waals surface area contributed by atoms with Gasteiger partial charge in [0.2, 0.25) is 5.91 Å². The van der Waals surface area contributed by atoms with Gasteiger partial charge in [0.25, 0.3) is 0 Å². The first-order chi connectivity index (χ1) is 8.24. The summed E-state index contributed by atoms with van der Waals surface area (Å²) in [6.07, 6.45) is 3.68. The molecule has 0 aromatic carbocycles. The van der Waals surface area contributed by atoms with E-state index in [1.54, 1.807) is 6.20 Å². The highest BCUT2D eigenvalue weighted by Gasteiger charge is 2.17. The smallest absolute Gasteiger partial charge is 0.231 e. The highest BCUT2D eigenvalue weighted by Crippen LogP contribution is 2.06. The average Bonchev–Trinajstić information content (AvgIpc) is 2.32. The van der Waals surface area contributed by atoms with Gasteiger partial charge in [0.05, 0.1) is 6.54 Å². The van der Waals surface area contributed by atoms with Crippen LogP contribution in [-0.2, 0) is 11.3 Å². The molecule has 5 heteroatoms. The van der Waals surface area contributed by atoms with E-state index in [1.165, 1.54) is 5.56 Å². The Morgan fingerprint density at radius 3 is 2.59 bits per heavy atom. The Labute approximate surface area is 101 Å². The minimum absolute atomic E-state index is 0.245. The second kappa shape index (κ2) is 5.75. The number of hydrogen-bond acceptors (Lipinski definition) is 4. The number of aromatic nitrogens is 1. The molecule has 0 saturated carbocycles. The van der Waals surface area contributed by atoms with Crippen LogP contribution in [0.2, 0.25) is 0 Å². The summed E-state index contributed by atoms with van der Waals surface area (Å²) < 4.78 is 0. The van der Waals surface area contributed by atoms with Gasteiger partial charge < -0.3 is 5.73 Å². The molecule has 2 N–H and O–H groups in total. The fourth-order valence-corrected chi connectivity index (χ4v) is 2.08. The SMILES string of the molecule is NC(=O)CN1CCN(Cc2cccnc2)CC1. The third-order valence-electron chi connectivity index (χ3n) is 2.97. The zero-order valence-corrected chi connectivity index (χ0v) is 9.88. The molecule has 1 amide bonds. The van der Waals surface area contributed by atoms with E-state index in [1.807, 2.05) is 12.3 Å². The molecule has 1 saturated heterocycles. The van der Waals surface area contributed by atoms with Gasteiger partial charge in [-0.05, 0) is 11.6 Å². The Kier molecular flexibility index (Phi) is 4.06. The molecule has 0 atom stereocenters. The molecule has 1 aliphatic heterocycles. The lowest BCUT2D eigenvalue weighted by atomic mass is 10.2. The summed E-state index contributed by atoms with van der Waals surface area (Å²) in [5.41, 5.74) is 6.41. The van der Waals surface area contributed by atoms with Gasteiger partial charge in [-0.1, -0.05) is 6.07 Å². The zero-order valence-electron chi connectivity index (χ0n) is 9.88. The molecule has 0 unspecified atom stereocenters. The average molecular weight is 234 g/mol. The minimum Gasteiger partial charge on any atom is -0.369 e. The molecule has 5 nitrogen and oxygen atoms in total. The fraction of sp³-hybridized carbons (Fsp3) is 0.500. The van der Waals surface area contributed by atoms with Crippen molar-refractivity contribution >= 4 is 5.91 Å². The summed E-state index contributed by atoms with van der Waals surface area (Å²) in [4.78, 5) is 19.4. The van der Waals surface area contributed by atoms with Gasteiger partial charge in [-0.25, -0.2) is 0 Å². The number of pyridine rings is 1. The normalized spacial score (nSPS) is 18.1. The maximum absolute atomic E-state index is 10.8. The topological polar surface area (TPSA) is 62.5 Å². The van der Waals surface area contributed by atoms with Crippen LogP contribution in [-0.4, -0.2) is 53.4 Å². The summed E-state index contributed by atoms with van der Waals surface area (Å²) in [7, 11) is 0. The molecule has 2 heterocycles. The second-order valence-electron chi connectivity index (χ2n) is 4.38. The third kappa shape index (κ3) is 3.80. The number of nitrogens with two attached hydrogens (primary N) is 1. The molecule has 92 valence electrons. The van der Waals surface area contributed by atoms with Crippen molar-refractivity contribution in [3.05, 3.63) is 30.1 Å². The zero-order chi connectivity index (χ0) is 12.1. The van der Waals surface area contributed by atoms with Crippen molar-refractivity contribution in [2.45, 2.75) is 6.54 Å². The lowest BCUT2D eigenvalue weighted by Crippen LogP contribution is -2.48. The molecule has 1 aliphatic rings. The predicted molar refractivity (Wildman–Crippen MR) is 65.1 cm³/mol. The van der Waals surface area contributed by atoms with Crippen molar-refractivity contribution in [2.75, 3.05) is 32.7 Å². The second-order valence-corrected chi connectivity index (χ2v) is 4.38. The Balaban J connectivity index is 1.78. The summed E-state index contributed by atoms with van der Waals surface area (Å²) in [6.45, 7) is 5.07. The van der Waals surface area contributed by atoms with Crippen molar-refractivity contribution in [1.29, 1.82) is 0 Å². The number of carbonyl (C=O) groups is 1. The lowest BCUT2D eigenvalue weighted by molar-refractivity contribution is -0.119. The molecule has 0 spiro atoms. The summed E-state index contributed by atoms with van der Waals surface area (Å²) >= 11 is 0. The van der Waals surface area contributed by atoms with Gasteiger partial charge in [-0.2, -0.15) is 0 Å². The number of piperazine rings is 1. The highest BCUT2D eigenvalue weighted by atomic mass is 16.1. The first kappa shape index (κ1) is 12.0. The molecule has 1 aromatic rings. The molecule has 0 bridgehead atoms. The van der Waals surface area contributed by atoms with Gasteiger partial charge in [0.1, 0.15) is 0 Å². The van der Waals surface area contributed by atoms with Crippen LogP contribution in [0.15, 0.2) is 24.5 Å². The van der Waals surface area contributed by atoms with Crippen molar-refractivity contribution in [2.24, 2.45) is 5.73 Å². The largest absolute Gasteiger partial charge is 0.369 e. The maximum Gasteiger partial charge on any atom is 0.231 e. The van der Waals surface area contributed by atoms with Crippen LogP contribution in [0.25, 0.3) is 0 Å². The Hall–Kier alpha value is -1.46. The van der Waals surface area contributed by atoms with Gasteiger partial charge >= 0.3 is 0 Å². The number of hydrogen-bond donors (Lipinski definition) is 1. The van der Waals surface area contributed by atoms with Gasteiger partial charge in [-0.3, -0.25) is 19.6 Å². The van der Waals surface area contributed by atoms with Crippen molar-refractivity contribution < 1.29 is 4.79 Å². The van der Waals surface area contributed by atoms with Crippen molar-refractivity contribution in [1.82, 2.24) is 14.8 Å². The number of nitrogens with zero attached hydrogens (tertiary/aromatic N) is 3. The predicted octanol–water partition coefficient (Wildman–Crippen LogP) is -0.315.